The molecule has 2 N–H and O–H groups in total. The van der Waals surface area contributed by atoms with Gasteiger partial charge in [-0.1, -0.05) is 6.92 Å². The molecule has 1 aromatic carbocycles. The lowest BCUT2D eigenvalue weighted by Gasteiger charge is -2.16. The van der Waals surface area contributed by atoms with Crippen molar-refractivity contribution in [2.75, 3.05) is 13.6 Å². The fourth-order valence-corrected chi connectivity index (χ4v) is 1.30. The van der Waals surface area contributed by atoms with E-state index in [1.807, 2.05) is 14.0 Å². The number of benzene rings is 1. The van der Waals surface area contributed by atoms with E-state index in [1.165, 1.54) is 0 Å². The van der Waals surface area contributed by atoms with E-state index in [-0.39, 0.29) is 11.5 Å². The molecule has 0 bridgehead atoms. The lowest BCUT2D eigenvalue weighted by Crippen LogP contribution is -2.17. The molecule has 0 spiro atoms. The first-order chi connectivity index (χ1) is 6.54. The molecule has 0 aliphatic rings. The third-order valence-corrected chi connectivity index (χ3v) is 2.41. The molecule has 3 nitrogen and oxygen atoms in total. The summed E-state index contributed by atoms with van der Waals surface area (Å²) in [5, 5.41) is 18.6. The van der Waals surface area contributed by atoms with Crippen LogP contribution in [0, 0.1) is 6.92 Å². The van der Waals surface area contributed by atoms with Gasteiger partial charge in [0.1, 0.15) is 0 Å². The van der Waals surface area contributed by atoms with Gasteiger partial charge in [-0.3, -0.25) is 0 Å². The van der Waals surface area contributed by atoms with Gasteiger partial charge in [-0.05, 0) is 43.8 Å². The fourth-order valence-electron chi connectivity index (χ4n) is 1.30. The average molecular weight is 195 g/mol. The average Bonchev–Trinajstić information content (AvgIpc) is 2.14. The number of nitrogens with zero attached hydrogens (tertiary/aromatic N) is 1. The van der Waals surface area contributed by atoms with Crippen molar-refractivity contribution in [3.05, 3.63) is 23.3 Å². The van der Waals surface area contributed by atoms with Crippen LogP contribution in [0.25, 0.3) is 0 Å². The zero-order chi connectivity index (χ0) is 10.7. The minimum atomic E-state index is -0.0506. The van der Waals surface area contributed by atoms with Gasteiger partial charge in [0.25, 0.3) is 0 Å². The van der Waals surface area contributed by atoms with Crippen molar-refractivity contribution in [2.45, 2.75) is 20.4 Å². The van der Waals surface area contributed by atoms with Crippen LogP contribution in [-0.4, -0.2) is 28.7 Å². The van der Waals surface area contributed by atoms with Gasteiger partial charge in [0.05, 0.1) is 0 Å². The van der Waals surface area contributed by atoms with Gasteiger partial charge in [-0.25, -0.2) is 0 Å². The molecule has 0 aliphatic heterocycles. The normalized spacial score (nSPS) is 10.9. The van der Waals surface area contributed by atoms with E-state index in [9.17, 15) is 10.2 Å². The Morgan fingerprint density at radius 3 is 2.36 bits per heavy atom. The van der Waals surface area contributed by atoms with E-state index in [4.69, 9.17) is 0 Å². The number of hydrogen-bond acceptors (Lipinski definition) is 3. The first kappa shape index (κ1) is 10.9. The van der Waals surface area contributed by atoms with Crippen molar-refractivity contribution in [2.24, 2.45) is 0 Å². The molecular weight excluding hydrogens is 178 g/mol. The lowest BCUT2D eigenvalue weighted by molar-refractivity contribution is 0.342. The maximum Gasteiger partial charge on any atom is 0.157 e. The van der Waals surface area contributed by atoms with Crippen LogP contribution in [0.4, 0.5) is 0 Å². The van der Waals surface area contributed by atoms with Crippen molar-refractivity contribution < 1.29 is 10.2 Å². The van der Waals surface area contributed by atoms with Crippen molar-refractivity contribution in [1.82, 2.24) is 4.90 Å². The van der Waals surface area contributed by atoms with E-state index < -0.39 is 0 Å². The summed E-state index contributed by atoms with van der Waals surface area (Å²) in [6, 6.07) is 3.21. The second kappa shape index (κ2) is 4.33. The second-order valence-electron chi connectivity index (χ2n) is 3.60. The molecule has 78 valence electrons. The topological polar surface area (TPSA) is 43.7 Å². The number of rotatable bonds is 3. The van der Waals surface area contributed by atoms with Crippen LogP contribution < -0.4 is 0 Å². The van der Waals surface area contributed by atoms with Crippen LogP contribution in [-0.2, 0) is 6.54 Å². The maximum atomic E-state index is 9.34. The molecule has 0 aromatic heterocycles. The van der Waals surface area contributed by atoms with Crippen LogP contribution in [0.3, 0.4) is 0 Å². The summed E-state index contributed by atoms with van der Waals surface area (Å²) in [5.41, 5.74) is 2.05. The van der Waals surface area contributed by atoms with Gasteiger partial charge in [0.15, 0.2) is 11.5 Å². The fraction of sp³-hybridized carbons (Fsp3) is 0.455. The van der Waals surface area contributed by atoms with Crippen molar-refractivity contribution in [3.63, 3.8) is 0 Å². The van der Waals surface area contributed by atoms with Crippen LogP contribution >= 0.6 is 0 Å². The third kappa shape index (κ3) is 2.39. The Kier molecular flexibility index (Phi) is 3.36. The minimum Gasteiger partial charge on any atom is -0.504 e. The van der Waals surface area contributed by atoms with Crippen LogP contribution in [0.1, 0.15) is 18.1 Å². The number of hydrogen-bond donors (Lipinski definition) is 2. The molecule has 0 radical (unpaired) electrons. The lowest BCUT2D eigenvalue weighted by atomic mass is 10.1. The van der Waals surface area contributed by atoms with Gasteiger partial charge >= 0.3 is 0 Å². The van der Waals surface area contributed by atoms with Gasteiger partial charge in [0, 0.05) is 6.54 Å². The Bertz CT molecular complexity index is 323. The molecule has 1 rings (SSSR count). The number of aromatic hydroxyl groups is 2. The first-order valence-corrected chi connectivity index (χ1v) is 4.74. The standard InChI is InChI=1S/C11H17NO2/c1-4-12(3)7-9-6-11(14)10(13)5-8(9)2/h5-6,13-14H,4,7H2,1-3H3. The molecule has 0 saturated carbocycles. The zero-order valence-electron chi connectivity index (χ0n) is 8.91. The highest BCUT2D eigenvalue weighted by Gasteiger charge is 2.06. The highest BCUT2D eigenvalue weighted by Crippen LogP contribution is 2.28. The molecule has 0 heterocycles. The molecule has 0 saturated heterocycles. The molecule has 0 aliphatic carbocycles. The van der Waals surface area contributed by atoms with E-state index >= 15 is 0 Å². The largest absolute Gasteiger partial charge is 0.504 e. The zero-order valence-corrected chi connectivity index (χ0v) is 8.91. The van der Waals surface area contributed by atoms with Gasteiger partial charge < -0.3 is 15.1 Å². The first-order valence-electron chi connectivity index (χ1n) is 4.74. The highest BCUT2D eigenvalue weighted by molar-refractivity contribution is 5.44. The predicted octanol–water partition coefficient (Wildman–Crippen LogP) is 1.86. The van der Waals surface area contributed by atoms with Crippen molar-refractivity contribution >= 4 is 0 Å². The van der Waals surface area contributed by atoms with Crippen LogP contribution in [0.5, 0.6) is 11.5 Å². The SMILES string of the molecule is CCN(C)Cc1cc(O)c(O)cc1C. The minimum absolute atomic E-state index is 0.0462. The Morgan fingerprint density at radius 2 is 1.79 bits per heavy atom. The molecular formula is C11H17NO2. The Labute approximate surface area is 84.6 Å². The maximum absolute atomic E-state index is 9.34. The summed E-state index contributed by atoms with van der Waals surface area (Å²) < 4.78 is 0. The summed E-state index contributed by atoms with van der Waals surface area (Å²) in [5.74, 6) is -0.0968. The van der Waals surface area contributed by atoms with Crippen LogP contribution in [0.2, 0.25) is 0 Å². The molecule has 1 aromatic rings. The molecule has 14 heavy (non-hydrogen) atoms. The Morgan fingerprint density at radius 1 is 1.21 bits per heavy atom. The number of aryl methyl sites for hydroxylation is 1. The smallest absolute Gasteiger partial charge is 0.157 e. The highest BCUT2D eigenvalue weighted by atomic mass is 16.3. The van der Waals surface area contributed by atoms with Crippen molar-refractivity contribution in [1.29, 1.82) is 0 Å². The van der Waals surface area contributed by atoms with Crippen LogP contribution in [0.15, 0.2) is 12.1 Å². The van der Waals surface area contributed by atoms with E-state index in [1.54, 1.807) is 12.1 Å². The quantitative estimate of drug-likeness (QED) is 0.723. The summed E-state index contributed by atoms with van der Waals surface area (Å²) in [6.07, 6.45) is 0. The molecule has 0 amide bonds. The van der Waals surface area contributed by atoms with Crippen molar-refractivity contribution in [3.8, 4) is 11.5 Å². The summed E-state index contributed by atoms with van der Waals surface area (Å²) in [4.78, 5) is 2.14. The van der Waals surface area contributed by atoms with Gasteiger partial charge in [-0.2, -0.15) is 0 Å². The summed E-state index contributed by atoms with van der Waals surface area (Å²) >= 11 is 0. The van der Waals surface area contributed by atoms with E-state index in [2.05, 4.69) is 11.8 Å². The summed E-state index contributed by atoms with van der Waals surface area (Å²) in [6.45, 7) is 5.75. The molecule has 0 atom stereocenters. The van der Waals surface area contributed by atoms with Gasteiger partial charge in [0.2, 0.25) is 0 Å². The number of phenols is 2. The second-order valence-corrected chi connectivity index (χ2v) is 3.60. The molecule has 0 unspecified atom stereocenters. The van der Waals surface area contributed by atoms with E-state index in [0.29, 0.717) is 0 Å². The number of phenolic OH excluding ortho intramolecular Hbond substituents is 2. The molecule has 3 heteroatoms. The molecule has 0 fully saturated rings. The third-order valence-electron chi connectivity index (χ3n) is 2.41. The predicted molar refractivity (Wildman–Crippen MR) is 56.5 cm³/mol. The van der Waals surface area contributed by atoms with E-state index in [0.717, 1.165) is 24.2 Å². The summed E-state index contributed by atoms with van der Waals surface area (Å²) in [7, 11) is 2.02. The monoisotopic (exact) mass is 195 g/mol. The Balaban J connectivity index is 2.92. The van der Waals surface area contributed by atoms with Gasteiger partial charge in [-0.15, -0.1) is 0 Å². The Hall–Kier alpha value is -1.22.